The number of rotatable bonds is 1. The normalized spacial score (nSPS) is 12.6. The molecule has 2 nitrogen and oxygen atoms in total. The highest BCUT2D eigenvalue weighted by molar-refractivity contribution is 7.13. The molecule has 2 aromatic rings. The Bertz CT molecular complexity index is 467. The predicted octanol–water partition coefficient (Wildman–Crippen LogP) is 2.92. The number of hydrogen-bond donors (Lipinski definition) is 0. The van der Waals surface area contributed by atoms with Crippen molar-refractivity contribution in [2.45, 2.75) is 12.8 Å². The van der Waals surface area contributed by atoms with Gasteiger partial charge in [-0.2, -0.15) is 9.64 Å². The minimum Gasteiger partial charge on any atom is -0.198 e. The maximum atomic E-state index is 8.78. The summed E-state index contributed by atoms with van der Waals surface area (Å²) in [5.41, 5.74) is 0.906. The largest absolute Gasteiger partial charge is 0.198 e. The van der Waals surface area contributed by atoms with Crippen LogP contribution in [0, 0.1) is 11.3 Å². The summed E-state index contributed by atoms with van der Waals surface area (Å²) in [6.45, 7) is 1.88. The summed E-state index contributed by atoms with van der Waals surface area (Å²) in [5.74, 6) is -0.115. The van der Waals surface area contributed by atoms with Crippen molar-refractivity contribution >= 4 is 21.6 Å². The first-order chi connectivity index (χ1) is 6.33. The Morgan fingerprint density at radius 3 is 3.00 bits per heavy atom. The van der Waals surface area contributed by atoms with Gasteiger partial charge in [-0.25, -0.2) is 0 Å². The zero-order valence-electron chi connectivity index (χ0n) is 7.19. The van der Waals surface area contributed by atoms with Crippen LogP contribution in [0.3, 0.4) is 0 Å². The monoisotopic (exact) mass is 188 g/mol. The van der Waals surface area contributed by atoms with E-state index in [-0.39, 0.29) is 5.92 Å². The lowest BCUT2D eigenvalue weighted by atomic mass is 10.1. The molecule has 0 aliphatic rings. The highest BCUT2D eigenvalue weighted by atomic mass is 32.1. The van der Waals surface area contributed by atoms with Crippen LogP contribution in [0.1, 0.15) is 18.5 Å². The van der Waals surface area contributed by atoms with Crippen LogP contribution in [0.15, 0.2) is 24.3 Å². The van der Waals surface area contributed by atoms with Crippen molar-refractivity contribution in [2.24, 2.45) is 0 Å². The van der Waals surface area contributed by atoms with Gasteiger partial charge < -0.3 is 0 Å². The number of nitrogens with zero attached hydrogens (tertiary/aromatic N) is 2. The molecule has 1 aromatic carbocycles. The maximum absolute atomic E-state index is 8.78. The summed E-state index contributed by atoms with van der Waals surface area (Å²) in [4.78, 5) is 0. The van der Waals surface area contributed by atoms with Gasteiger partial charge in [-0.05, 0) is 24.5 Å². The second kappa shape index (κ2) is 3.15. The lowest BCUT2D eigenvalue weighted by molar-refractivity contribution is 0.959. The van der Waals surface area contributed by atoms with Gasteiger partial charge in [0.15, 0.2) is 0 Å². The SMILES string of the molecule is CC(C#N)c1nsc2ccccc12. The predicted molar refractivity (Wildman–Crippen MR) is 53.6 cm³/mol. The summed E-state index contributed by atoms with van der Waals surface area (Å²) in [6.07, 6.45) is 0. The molecule has 0 saturated carbocycles. The van der Waals surface area contributed by atoms with Crippen LogP contribution in [0.2, 0.25) is 0 Å². The van der Waals surface area contributed by atoms with Gasteiger partial charge in [0.2, 0.25) is 0 Å². The minimum atomic E-state index is -0.115. The first-order valence-electron chi connectivity index (χ1n) is 4.07. The molecule has 2 rings (SSSR count). The van der Waals surface area contributed by atoms with Crippen LogP contribution < -0.4 is 0 Å². The smallest absolute Gasteiger partial charge is 0.0873 e. The zero-order valence-corrected chi connectivity index (χ0v) is 8.01. The Morgan fingerprint density at radius 2 is 2.23 bits per heavy atom. The van der Waals surface area contributed by atoms with Crippen molar-refractivity contribution in [3.63, 3.8) is 0 Å². The third kappa shape index (κ3) is 1.30. The molecule has 1 unspecified atom stereocenters. The zero-order chi connectivity index (χ0) is 9.26. The molecule has 0 aliphatic carbocycles. The second-order valence-corrected chi connectivity index (χ2v) is 3.72. The summed E-state index contributed by atoms with van der Waals surface area (Å²) >= 11 is 1.46. The van der Waals surface area contributed by atoms with Crippen molar-refractivity contribution in [1.82, 2.24) is 4.37 Å². The number of aromatic nitrogens is 1. The van der Waals surface area contributed by atoms with Gasteiger partial charge >= 0.3 is 0 Å². The van der Waals surface area contributed by atoms with Crippen LogP contribution >= 0.6 is 11.5 Å². The van der Waals surface area contributed by atoms with E-state index >= 15 is 0 Å². The molecule has 1 aromatic heterocycles. The van der Waals surface area contributed by atoms with Gasteiger partial charge in [0.25, 0.3) is 0 Å². The average Bonchev–Trinajstić information content (AvgIpc) is 2.60. The fourth-order valence-electron chi connectivity index (χ4n) is 1.28. The van der Waals surface area contributed by atoms with Crippen molar-refractivity contribution in [1.29, 1.82) is 5.26 Å². The van der Waals surface area contributed by atoms with E-state index in [9.17, 15) is 0 Å². The van der Waals surface area contributed by atoms with Gasteiger partial charge in [0.05, 0.1) is 22.4 Å². The quantitative estimate of drug-likeness (QED) is 0.690. The Morgan fingerprint density at radius 1 is 1.46 bits per heavy atom. The minimum absolute atomic E-state index is 0.115. The Hall–Kier alpha value is -1.40. The van der Waals surface area contributed by atoms with Crippen LogP contribution in [-0.2, 0) is 0 Å². The number of fused-ring (bicyclic) bond motifs is 1. The third-order valence-electron chi connectivity index (χ3n) is 2.01. The number of benzene rings is 1. The lowest BCUT2D eigenvalue weighted by Gasteiger charge is -1.96. The molecule has 13 heavy (non-hydrogen) atoms. The van der Waals surface area contributed by atoms with Gasteiger partial charge in [-0.1, -0.05) is 18.2 Å². The molecule has 3 heteroatoms. The van der Waals surface area contributed by atoms with Crippen LogP contribution in [-0.4, -0.2) is 4.37 Å². The van der Waals surface area contributed by atoms with Gasteiger partial charge in [0.1, 0.15) is 0 Å². The topological polar surface area (TPSA) is 36.7 Å². The summed E-state index contributed by atoms with van der Waals surface area (Å²) < 4.78 is 5.44. The lowest BCUT2D eigenvalue weighted by Crippen LogP contribution is -1.88. The molecule has 1 atom stereocenters. The van der Waals surface area contributed by atoms with E-state index < -0.39 is 0 Å². The maximum Gasteiger partial charge on any atom is 0.0873 e. The van der Waals surface area contributed by atoms with E-state index in [1.165, 1.54) is 11.5 Å². The highest BCUT2D eigenvalue weighted by Gasteiger charge is 2.11. The van der Waals surface area contributed by atoms with Crippen molar-refractivity contribution < 1.29 is 0 Å². The molecule has 0 amide bonds. The third-order valence-corrected chi connectivity index (χ3v) is 2.85. The standard InChI is InChI=1S/C10H8N2S/c1-7(6-11)10-8-4-2-3-5-9(8)13-12-10/h2-5,7H,1H3. The van der Waals surface area contributed by atoms with Gasteiger partial charge in [0, 0.05) is 5.39 Å². The van der Waals surface area contributed by atoms with E-state index in [0.29, 0.717) is 0 Å². The van der Waals surface area contributed by atoms with Crippen LogP contribution in [0.5, 0.6) is 0 Å². The molecular weight excluding hydrogens is 180 g/mol. The molecule has 0 aliphatic heterocycles. The first-order valence-corrected chi connectivity index (χ1v) is 4.84. The summed E-state index contributed by atoms with van der Waals surface area (Å²) in [7, 11) is 0. The van der Waals surface area contributed by atoms with E-state index in [0.717, 1.165) is 15.8 Å². The molecule has 64 valence electrons. The van der Waals surface area contributed by atoms with Gasteiger partial charge in [-0.3, -0.25) is 0 Å². The van der Waals surface area contributed by atoms with Crippen molar-refractivity contribution in [3.8, 4) is 6.07 Å². The summed E-state index contributed by atoms with van der Waals surface area (Å²) in [5, 5.41) is 9.89. The fraction of sp³-hybridized carbons (Fsp3) is 0.200. The van der Waals surface area contributed by atoms with E-state index in [4.69, 9.17) is 5.26 Å². The Labute approximate surface area is 80.6 Å². The molecule has 0 saturated heterocycles. The fourth-order valence-corrected chi connectivity index (χ4v) is 2.14. The molecule has 0 spiro atoms. The van der Waals surface area contributed by atoms with E-state index in [1.807, 2.05) is 31.2 Å². The molecule has 1 heterocycles. The average molecular weight is 188 g/mol. The van der Waals surface area contributed by atoms with Crippen molar-refractivity contribution in [2.75, 3.05) is 0 Å². The molecule has 0 bridgehead atoms. The Kier molecular flexibility index (Phi) is 1.99. The summed E-state index contributed by atoms with van der Waals surface area (Å²) in [6, 6.07) is 10.2. The number of nitriles is 1. The van der Waals surface area contributed by atoms with Crippen molar-refractivity contribution in [3.05, 3.63) is 30.0 Å². The molecule has 0 fully saturated rings. The van der Waals surface area contributed by atoms with Crippen LogP contribution in [0.4, 0.5) is 0 Å². The number of hydrogen-bond acceptors (Lipinski definition) is 3. The first kappa shape index (κ1) is 8.21. The van der Waals surface area contributed by atoms with E-state index in [2.05, 4.69) is 10.4 Å². The Balaban J connectivity index is 2.66. The second-order valence-electron chi connectivity index (χ2n) is 2.91. The molecule has 0 radical (unpaired) electrons. The molecular formula is C10H8N2S. The molecule has 0 N–H and O–H groups in total. The van der Waals surface area contributed by atoms with Gasteiger partial charge in [-0.15, -0.1) is 0 Å². The highest BCUT2D eigenvalue weighted by Crippen LogP contribution is 2.27. The van der Waals surface area contributed by atoms with E-state index in [1.54, 1.807) is 0 Å². The van der Waals surface area contributed by atoms with Crippen LogP contribution in [0.25, 0.3) is 10.1 Å².